The first-order valence-electron chi connectivity index (χ1n) is 8.57. The minimum Gasteiger partial charge on any atom is -0.480 e. The molecule has 1 heterocycles. The predicted octanol–water partition coefficient (Wildman–Crippen LogP) is 1.65. The zero-order chi connectivity index (χ0) is 18.3. The van der Waals surface area contributed by atoms with Gasteiger partial charge in [0, 0.05) is 12.3 Å². The van der Waals surface area contributed by atoms with Crippen molar-refractivity contribution >= 4 is 17.8 Å². The summed E-state index contributed by atoms with van der Waals surface area (Å²) in [5.41, 5.74) is 3.75. The molecular formula is C20H18N2O4. The van der Waals surface area contributed by atoms with Gasteiger partial charge in [0.15, 0.2) is 0 Å². The van der Waals surface area contributed by atoms with E-state index in [9.17, 15) is 19.5 Å². The van der Waals surface area contributed by atoms with Gasteiger partial charge in [-0.1, -0.05) is 48.5 Å². The Kier molecular flexibility index (Phi) is 3.95. The Morgan fingerprint density at radius 2 is 1.62 bits per heavy atom. The predicted molar refractivity (Wildman–Crippen MR) is 94.5 cm³/mol. The molecule has 26 heavy (non-hydrogen) atoms. The van der Waals surface area contributed by atoms with Crippen molar-refractivity contribution in [1.82, 2.24) is 10.6 Å². The maximum Gasteiger partial charge on any atom is 0.327 e. The number of carboxylic acid groups (broad SMARTS) is 1. The molecule has 6 nitrogen and oxygen atoms in total. The number of carboxylic acids is 1. The molecule has 1 aliphatic heterocycles. The smallest absolute Gasteiger partial charge is 0.327 e. The van der Waals surface area contributed by atoms with Crippen molar-refractivity contribution in [2.45, 2.75) is 30.8 Å². The molecule has 0 unspecified atom stereocenters. The molecule has 0 saturated carbocycles. The SMILES string of the molecule is O=C1CC[C@H](C(=O)N[C@@H](C(=O)O)C2c3ccccc3-c3ccccc32)N1. The van der Waals surface area contributed by atoms with Crippen LogP contribution in [-0.2, 0) is 14.4 Å². The van der Waals surface area contributed by atoms with Crippen LogP contribution in [0.15, 0.2) is 48.5 Å². The van der Waals surface area contributed by atoms with Crippen molar-refractivity contribution in [3.05, 3.63) is 59.7 Å². The van der Waals surface area contributed by atoms with Crippen LogP contribution in [0.4, 0.5) is 0 Å². The van der Waals surface area contributed by atoms with Gasteiger partial charge < -0.3 is 15.7 Å². The molecule has 0 aromatic heterocycles. The summed E-state index contributed by atoms with van der Waals surface area (Å²) < 4.78 is 0. The summed E-state index contributed by atoms with van der Waals surface area (Å²) in [5, 5.41) is 15.1. The maximum absolute atomic E-state index is 12.5. The lowest BCUT2D eigenvalue weighted by molar-refractivity contribution is -0.142. The third-order valence-corrected chi connectivity index (χ3v) is 5.09. The van der Waals surface area contributed by atoms with Crippen LogP contribution < -0.4 is 10.6 Å². The Bertz CT molecular complexity index is 863. The van der Waals surface area contributed by atoms with E-state index in [1.54, 1.807) is 0 Å². The van der Waals surface area contributed by atoms with Crippen LogP contribution in [-0.4, -0.2) is 35.0 Å². The highest BCUT2D eigenvalue weighted by Crippen LogP contribution is 2.46. The van der Waals surface area contributed by atoms with E-state index in [1.807, 2.05) is 48.5 Å². The Balaban J connectivity index is 1.70. The van der Waals surface area contributed by atoms with Crippen molar-refractivity contribution in [3.8, 4) is 11.1 Å². The molecule has 2 amide bonds. The fourth-order valence-corrected chi connectivity index (χ4v) is 3.91. The lowest BCUT2D eigenvalue weighted by Gasteiger charge is -2.24. The van der Waals surface area contributed by atoms with Crippen LogP contribution in [0.3, 0.4) is 0 Å². The highest BCUT2D eigenvalue weighted by atomic mass is 16.4. The van der Waals surface area contributed by atoms with Crippen LogP contribution in [0, 0.1) is 0 Å². The number of carbonyl (C=O) groups excluding carboxylic acids is 2. The molecule has 4 rings (SSSR count). The molecule has 1 saturated heterocycles. The van der Waals surface area contributed by atoms with Crippen LogP contribution in [0.5, 0.6) is 0 Å². The van der Waals surface area contributed by atoms with Gasteiger partial charge in [0.25, 0.3) is 0 Å². The van der Waals surface area contributed by atoms with E-state index in [0.717, 1.165) is 22.3 Å². The standard InChI is InChI=1S/C20H18N2O4/c23-16-10-9-15(21-16)19(24)22-18(20(25)26)17-13-7-3-1-5-11(13)12-6-2-4-8-14(12)17/h1-8,15,17-18H,9-10H2,(H,21,23)(H,22,24)(H,25,26)/t15-,18-/m1/s1. The molecule has 0 radical (unpaired) electrons. The van der Waals surface area contributed by atoms with E-state index >= 15 is 0 Å². The van der Waals surface area contributed by atoms with Gasteiger partial charge in [0.1, 0.15) is 12.1 Å². The quantitative estimate of drug-likeness (QED) is 0.781. The third-order valence-electron chi connectivity index (χ3n) is 5.09. The monoisotopic (exact) mass is 350 g/mol. The van der Waals surface area contributed by atoms with E-state index in [1.165, 1.54) is 0 Å². The number of hydrogen-bond donors (Lipinski definition) is 3. The molecule has 132 valence electrons. The summed E-state index contributed by atoms with van der Waals surface area (Å²) in [4.78, 5) is 35.9. The molecule has 2 atom stereocenters. The Hall–Kier alpha value is -3.15. The summed E-state index contributed by atoms with van der Waals surface area (Å²) in [6.07, 6.45) is 0.666. The molecule has 0 bridgehead atoms. The number of carbonyl (C=O) groups is 3. The fraction of sp³-hybridized carbons (Fsp3) is 0.250. The summed E-state index contributed by atoms with van der Waals surface area (Å²) in [6.45, 7) is 0. The lowest BCUT2D eigenvalue weighted by Crippen LogP contribution is -2.51. The van der Waals surface area contributed by atoms with Gasteiger partial charge in [-0.15, -0.1) is 0 Å². The lowest BCUT2D eigenvalue weighted by atomic mass is 9.89. The minimum absolute atomic E-state index is 0.186. The summed E-state index contributed by atoms with van der Waals surface area (Å²) in [6, 6.07) is 13.5. The average molecular weight is 350 g/mol. The highest BCUT2D eigenvalue weighted by molar-refractivity contribution is 5.94. The Labute approximate surface area is 150 Å². The number of fused-ring (bicyclic) bond motifs is 3. The Morgan fingerprint density at radius 3 is 2.12 bits per heavy atom. The van der Waals surface area contributed by atoms with Gasteiger partial charge in [0.05, 0.1) is 0 Å². The van der Waals surface area contributed by atoms with E-state index in [-0.39, 0.29) is 12.3 Å². The zero-order valence-electron chi connectivity index (χ0n) is 13.9. The normalized spacial score (nSPS) is 19.4. The number of nitrogens with one attached hydrogen (secondary N) is 2. The van der Waals surface area contributed by atoms with E-state index in [4.69, 9.17) is 0 Å². The number of aliphatic carboxylic acids is 1. The number of hydrogen-bond acceptors (Lipinski definition) is 3. The molecule has 0 spiro atoms. The van der Waals surface area contributed by atoms with Crippen molar-refractivity contribution in [1.29, 1.82) is 0 Å². The summed E-state index contributed by atoms with van der Waals surface area (Å²) >= 11 is 0. The topological polar surface area (TPSA) is 95.5 Å². The van der Waals surface area contributed by atoms with Crippen molar-refractivity contribution in [3.63, 3.8) is 0 Å². The van der Waals surface area contributed by atoms with Crippen LogP contribution >= 0.6 is 0 Å². The average Bonchev–Trinajstić information content (AvgIpc) is 3.21. The molecule has 3 N–H and O–H groups in total. The minimum atomic E-state index is -1.11. The van der Waals surface area contributed by atoms with Gasteiger partial charge in [-0.3, -0.25) is 9.59 Å². The van der Waals surface area contributed by atoms with Crippen LogP contribution in [0.2, 0.25) is 0 Å². The molecular weight excluding hydrogens is 332 g/mol. The van der Waals surface area contributed by atoms with Crippen LogP contribution in [0.25, 0.3) is 11.1 Å². The molecule has 6 heteroatoms. The third kappa shape index (κ3) is 2.63. The first kappa shape index (κ1) is 16.3. The highest BCUT2D eigenvalue weighted by Gasteiger charge is 2.40. The summed E-state index contributed by atoms with van der Waals surface area (Å²) in [7, 11) is 0. The molecule has 1 aliphatic carbocycles. The number of rotatable bonds is 4. The van der Waals surface area contributed by atoms with Crippen molar-refractivity contribution in [2.75, 3.05) is 0 Å². The second-order valence-corrected chi connectivity index (χ2v) is 6.64. The second kappa shape index (κ2) is 6.29. The van der Waals surface area contributed by atoms with E-state index in [0.29, 0.717) is 6.42 Å². The molecule has 1 fully saturated rings. The van der Waals surface area contributed by atoms with Crippen molar-refractivity contribution in [2.24, 2.45) is 0 Å². The molecule has 2 aromatic rings. The van der Waals surface area contributed by atoms with Gasteiger partial charge in [-0.05, 0) is 28.7 Å². The zero-order valence-corrected chi connectivity index (χ0v) is 13.9. The van der Waals surface area contributed by atoms with E-state index < -0.39 is 29.9 Å². The molecule has 2 aromatic carbocycles. The van der Waals surface area contributed by atoms with E-state index in [2.05, 4.69) is 10.6 Å². The van der Waals surface area contributed by atoms with Gasteiger partial charge in [-0.25, -0.2) is 4.79 Å². The number of amides is 2. The first-order valence-corrected chi connectivity index (χ1v) is 8.57. The van der Waals surface area contributed by atoms with Crippen molar-refractivity contribution < 1.29 is 19.5 Å². The largest absolute Gasteiger partial charge is 0.480 e. The first-order chi connectivity index (χ1) is 12.6. The van der Waals surface area contributed by atoms with Gasteiger partial charge in [0.2, 0.25) is 11.8 Å². The number of benzene rings is 2. The fourth-order valence-electron chi connectivity index (χ4n) is 3.91. The van der Waals surface area contributed by atoms with Gasteiger partial charge >= 0.3 is 5.97 Å². The van der Waals surface area contributed by atoms with Gasteiger partial charge in [-0.2, -0.15) is 0 Å². The Morgan fingerprint density at radius 1 is 1.04 bits per heavy atom. The maximum atomic E-state index is 12.5. The second-order valence-electron chi connectivity index (χ2n) is 6.64. The summed E-state index contributed by atoms with van der Waals surface area (Å²) in [5.74, 6) is -2.21. The van der Waals surface area contributed by atoms with Crippen LogP contribution in [0.1, 0.15) is 29.9 Å². The molecule has 2 aliphatic rings.